The number of aliphatic hydroxyl groups is 1. The van der Waals surface area contributed by atoms with Crippen LogP contribution in [0.2, 0.25) is 5.02 Å². The molecule has 1 aromatic rings. The molecule has 0 saturated heterocycles. The first kappa shape index (κ1) is 14.7. The number of aliphatic hydroxyl groups excluding tert-OH is 1. The van der Waals surface area contributed by atoms with E-state index in [0.717, 1.165) is 10.0 Å². The second-order valence-corrected chi connectivity index (χ2v) is 6.47. The fourth-order valence-electron chi connectivity index (χ4n) is 1.43. The molecule has 4 heteroatoms. The van der Waals surface area contributed by atoms with Crippen LogP contribution >= 0.6 is 27.5 Å². The van der Waals surface area contributed by atoms with Crippen LogP contribution in [0.5, 0.6) is 0 Å². The Labute approximate surface area is 115 Å². The second-order valence-electron chi connectivity index (χ2n) is 5.15. The molecule has 0 aliphatic rings. The highest BCUT2D eigenvalue weighted by molar-refractivity contribution is 9.10. The third-order valence-corrected chi connectivity index (χ3v) is 3.35. The summed E-state index contributed by atoms with van der Waals surface area (Å²) in [4.78, 5) is 11.9. The van der Waals surface area contributed by atoms with Gasteiger partial charge < -0.3 is 5.11 Å². The van der Waals surface area contributed by atoms with Crippen LogP contribution in [0.3, 0.4) is 0 Å². The van der Waals surface area contributed by atoms with Crippen molar-refractivity contribution in [2.75, 3.05) is 0 Å². The molecule has 1 atom stereocenters. The van der Waals surface area contributed by atoms with E-state index in [2.05, 4.69) is 15.9 Å². The van der Waals surface area contributed by atoms with Gasteiger partial charge in [-0.3, -0.25) is 4.79 Å². The Hall–Kier alpha value is -0.380. The van der Waals surface area contributed by atoms with Gasteiger partial charge in [-0.1, -0.05) is 54.4 Å². The largest absolute Gasteiger partial charge is 0.385 e. The Morgan fingerprint density at radius 1 is 1.47 bits per heavy atom. The molecule has 2 nitrogen and oxygen atoms in total. The number of carbonyl (C=O) groups is 1. The van der Waals surface area contributed by atoms with Crippen LogP contribution in [-0.4, -0.2) is 17.0 Å². The molecule has 1 unspecified atom stereocenters. The van der Waals surface area contributed by atoms with E-state index in [-0.39, 0.29) is 12.2 Å². The van der Waals surface area contributed by atoms with Gasteiger partial charge in [0.2, 0.25) is 0 Å². The van der Waals surface area contributed by atoms with Crippen LogP contribution in [0.1, 0.15) is 26.3 Å². The van der Waals surface area contributed by atoms with E-state index in [1.807, 2.05) is 26.8 Å². The Morgan fingerprint density at radius 3 is 2.53 bits per heavy atom. The highest BCUT2D eigenvalue weighted by Crippen LogP contribution is 2.25. The summed E-state index contributed by atoms with van der Waals surface area (Å²) in [7, 11) is 0. The average molecular weight is 320 g/mol. The first-order valence-corrected chi connectivity index (χ1v) is 6.53. The predicted molar refractivity (Wildman–Crippen MR) is 73.3 cm³/mol. The van der Waals surface area contributed by atoms with Crippen LogP contribution < -0.4 is 0 Å². The molecule has 0 radical (unpaired) electrons. The maximum atomic E-state index is 11.9. The molecule has 17 heavy (non-hydrogen) atoms. The molecule has 0 fully saturated rings. The molecule has 0 heterocycles. The summed E-state index contributed by atoms with van der Waals surface area (Å²) in [5, 5.41) is 10.4. The fourth-order valence-corrected chi connectivity index (χ4v) is 2.17. The van der Waals surface area contributed by atoms with Crippen LogP contribution in [-0.2, 0) is 11.2 Å². The topological polar surface area (TPSA) is 37.3 Å². The highest BCUT2D eigenvalue weighted by atomic mass is 79.9. The number of Topliss-reactive ketones (excluding diaryl/α,β-unsaturated/α-hetero) is 1. The van der Waals surface area contributed by atoms with E-state index in [4.69, 9.17) is 11.6 Å². The van der Waals surface area contributed by atoms with Crippen molar-refractivity contribution >= 4 is 33.3 Å². The summed E-state index contributed by atoms with van der Waals surface area (Å²) < 4.78 is 0.870. The van der Waals surface area contributed by atoms with Crippen molar-refractivity contribution in [1.82, 2.24) is 0 Å². The van der Waals surface area contributed by atoms with Crippen molar-refractivity contribution in [2.45, 2.75) is 33.3 Å². The Bertz CT molecular complexity index is 424. The SMILES string of the molecule is CC(C)(C)C(O)C(=O)Cc1ccc(Br)cc1Cl. The Kier molecular flexibility index (Phi) is 4.76. The summed E-state index contributed by atoms with van der Waals surface area (Å²) in [5.41, 5.74) is 0.294. The van der Waals surface area contributed by atoms with Gasteiger partial charge in [-0.2, -0.15) is 0 Å². The first-order valence-electron chi connectivity index (χ1n) is 5.36. The van der Waals surface area contributed by atoms with Crippen molar-refractivity contribution in [2.24, 2.45) is 5.41 Å². The standard InChI is InChI=1S/C13H16BrClO2/c1-13(2,3)12(17)11(16)6-8-4-5-9(14)7-10(8)15/h4-5,7,12,17H,6H2,1-3H3. The number of benzene rings is 1. The van der Waals surface area contributed by atoms with Gasteiger partial charge >= 0.3 is 0 Å². The third-order valence-electron chi connectivity index (χ3n) is 2.51. The van der Waals surface area contributed by atoms with Gasteiger partial charge in [0.1, 0.15) is 6.10 Å². The van der Waals surface area contributed by atoms with E-state index >= 15 is 0 Å². The van der Waals surface area contributed by atoms with E-state index in [9.17, 15) is 9.90 Å². The minimum atomic E-state index is -0.970. The zero-order valence-corrected chi connectivity index (χ0v) is 12.5. The normalized spacial score (nSPS) is 13.5. The zero-order chi connectivity index (χ0) is 13.2. The van der Waals surface area contributed by atoms with Crippen LogP contribution in [0.25, 0.3) is 0 Å². The molecule has 1 rings (SSSR count). The molecule has 1 aromatic carbocycles. The maximum Gasteiger partial charge on any atom is 0.166 e. The maximum absolute atomic E-state index is 11.9. The number of carbonyl (C=O) groups excluding carboxylic acids is 1. The van der Waals surface area contributed by atoms with E-state index in [1.54, 1.807) is 12.1 Å². The van der Waals surface area contributed by atoms with E-state index < -0.39 is 11.5 Å². The lowest BCUT2D eigenvalue weighted by molar-refractivity contribution is -0.131. The molecule has 0 aromatic heterocycles. The van der Waals surface area contributed by atoms with Gasteiger partial charge in [-0.15, -0.1) is 0 Å². The lowest BCUT2D eigenvalue weighted by atomic mass is 9.85. The molecule has 0 aliphatic heterocycles. The minimum absolute atomic E-state index is 0.157. The van der Waals surface area contributed by atoms with Crippen molar-refractivity contribution in [1.29, 1.82) is 0 Å². The third kappa shape index (κ3) is 4.09. The van der Waals surface area contributed by atoms with Gasteiger partial charge in [0.15, 0.2) is 5.78 Å². The van der Waals surface area contributed by atoms with Gasteiger partial charge in [0, 0.05) is 15.9 Å². The number of rotatable bonds is 3. The van der Waals surface area contributed by atoms with Gasteiger partial charge in [0.05, 0.1) is 0 Å². The molecule has 0 bridgehead atoms. The molecule has 0 aliphatic carbocycles. The molecule has 1 N–H and O–H groups in total. The van der Waals surface area contributed by atoms with Crippen molar-refractivity contribution in [3.05, 3.63) is 33.3 Å². The number of ketones is 1. The second kappa shape index (κ2) is 5.51. The van der Waals surface area contributed by atoms with E-state index in [0.29, 0.717) is 5.02 Å². The van der Waals surface area contributed by atoms with Gasteiger partial charge in [-0.25, -0.2) is 0 Å². The highest BCUT2D eigenvalue weighted by Gasteiger charge is 2.28. The summed E-state index contributed by atoms with van der Waals surface area (Å²) in [6, 6.07) is 5.37. The fraction of sp³-hybridized carbons (Fsp3) is 0.462. The smallest absolute Gasteiger partial charge is 0.166 e. The molecule has 0 saturated carbocycles. The molecular weight excluding hydrogens is 303 g/mol. The molecule has 94 valence electrons. The van der Waals surface area contributed by atoms with Gasteiger partial charge in [-0.05, 0) is 23.1 Å². The summed E-state index contributed by atoms with van der Waals surface area (Å²) >= 11 is 9.33. The predicted octanol–water partition coefficient (Wildman–Crippen LogP) is 3.62. The lowest BCUT2D eigenvalue weighted by Gasteiger charge is -2.24. The average Bonchev–Trinajstić information content (AvgIpc) is 2.19. The molecule has 0 amide bonds. The van der Waals surface area contributed by atoms with Crippen molar-refractivity contribution in [3.8, 4) is 0 Å². The Balaban J connectivity index is 2.82. The van der Waals surface area contributed by atoms with Gasteiger partial charge in [0.25, 0.3) is 0 Å². The summed E-state index contributed by atoms with van der Waals surface area (Å²) in [6.45, 7) is 5.50. The minimum Gasteiger partial charge on any atom is -0.385 e. The summed E-state index contributed by atoms with van der Waals surface area (Å²) in [6.07, 6.45) is -0.813. The Morgan fingerprint density at radius 2 is 2.06 bits per heavy atom. The number of halogens is 2. The number of hydrogen-bond acceptors (Lipinski definition) is 2. The first-order chi connectivity index (χ1) is 7.71. The number of hydrogen-bond donors (Lipinski definition) is 1. The quantitative estimate of drug-likeness (QED) is 0.924. The van der Waals surface area contributed by atoms with Crippen LogP contribution in [0.4, 0.5) is 0 Å². The molecule has 0 spiro atoms. The van der Waals surface area contributed by atoms with Crippen LogP contribution in [0.15, 0.2) is 22.7 Å². The lowest BCUT2D eigenvalue weighted by Crippen LogP contribution is -2.35. The zero-order valence-electron chi connectivity index (χ0n) is 10.1. The molecular formula is C13H16BrClO2. The monoisotopic (exact) mass is 318 g/mol. The van der Waals surface area contributed by atoms with Crippen molar-refractivity contribution in [3.63, 3.8) is 0 Å². The van der Waals surface area contributed by atoms with E-state index in [1.165, 1.54) is 0 Å². The van der Waals surface area contributed by atoms with Crippen molar-refractivity contribution < 1.29 is 9.90 Å². The summed E-state index contributed by atoms with van der Waals surface area (Å²) in [5.74, 6) is -0.207. The van der Waals surface area contributed by atoms with Crippen LogP contribution in [0, 0.1) is 5.41 Å².